The van der Waals surface area contributed by atoms with Gasteiger partial charge in [0.1, 0.15) is 0 Å². The van der Waals surface area contributed by atoms with Gasteiger partial charge in [-0.15, -0.1) is 11.3 Å². The van der Waals surface area contributed by atoms with Crippen LogP contribution in [0.15, 0.2) is 41.9 Å². The maximum absolute atomic E-state index is 14.4. The van der Waals surface area contributed by atoms with Crippen molar-refractivity contribution in [2.45, 2.75) is 57.4 Å². The number of halogens is 1. The van der Waals surface area contributed by atoms with Crippen LogP contribution in [0.5, 0.6) is 5.88 Å². The summed E-state index contributed by atoms with van der Waals surface area (Å²) >= 11 is 1.38. The molecular weight excluding hydrogens is 493 g/mol. The standard InChI is InChI=1S/C28H30FN3O4S/c1-36-26-23(29)13-19(15-30-26)21-8-4-5-9-22(21)24-16-37-28(31-24)32(20-10-11-20)27(35)18(14-25(33)34)12-17-6-2-3-7-17/h4-5,8-9,13,15-18,20H,2-3,6-7,10-12,14H2,1H3,(H,33,34)/t18-/m1/s1. The summed E-state index contributed by atoms with van der Waals surface area (Å²) in [5, 5.41) is 12.0. The third-order valence-electron chi connectivity index (χ3n) is 7.23. The lowest BCUT2D eigenvalue weighted by molar-refractivity contribution is -0.141. The van der Waals surface area contributed by atoms with Crippen molar-refractivity contribution in [3.63, 3.8) is 0 Å². The highest BCUT2D eigenvalue weighted by molar-refractivity contribution is 7.14. The second-order valence-corrected chi connectivity index (χ2v) is 10.7. The van der Waals surface area contributed by atoms with Crippen molar-refractivity contribution >= 4 is 28.3 Å². The Balaban J connectivity index is 1.44. The third-order valence-corrected chi connectivity index (χ3v) is 8.07. The fraction of sp³-hybridized carbons (Fsp3) is 0.429. The fourth-order valence-electron chi connectivity index (χ4n) is 5.27. The molecule has 2 heterocycles. The number of carbonyl (C=O) groups excluding carboxylic acids is 1. The van der Waals surface area contributed by atoms with Gasteiger partial charge in [-0.1, -0.05) is 49.9 Å². The summed E-state index contributed by atoms with van der Waals surface area (Å²) in [4.78, 5) is 36.0. The lowest BCUT2D eigenvalue weighted by atomic mass is 9.90. The van der Waals surface area contributed by atoms with Gasteiger partial charge in [-0.05, 0) is 36.8 Å². The van der Waals surface area contributed by atoms with E-state index >= 15 is 0 Å². The second-order valence-electron chi connectivity index (χ2n) is 9.90. The lowest BCUT2D eigenvalue weighted by Gasteiger charge is -2.26. The van der Waals surface area contributed by atoms with Crippen LogP contribution in [0.1, 0.15) is 51.4 Å². The number of benzene rings is 1. The number of pyridine rings is 1. The summed E-state index contributed by atoms with van der Waals surface area (Å²) in [5.74, 6) is -1.83. The molecule has 7 nitrogen and oxygen atoms in total. The Bertz CT molecular complexity index is 1290. The van der Waals surface area contributed by atoms with Crippen LogP contribution in [0.3, 0.4) is 0 Å². The number of aliphatic carboxylic acids is 1. The van der Waals surface area contributed by atoms with E-state index in [2.05, 4.69) is 4.98 Å². The molecule has 0 bridgehead atoms. The molecule has 1 aromatic carbocycles. The number of amides is 1. The number of methoxy groups -OCH3 is 1. The topological polar surface area (TPSA) is 92.6 Å². The molecule has 194 valence electrons. The zero-order valence-electron chi connectivity index (χ0n) is 20.7. The molecule has 0 spiro atoms. The highest BCUT2D eigenvalue weighted by Gasteiger charge is 2.40. The van der Waals surface area contributed by atoms with E-state index in [1.807, 2.05) is 29.6 Å². The van der Waals surface area contributed by atoms with Crippen LogP contribution in [-0.2, 0) is 9.59 Å². The van der Waals surface area contributed by atoms with E-state index in [4.69, 9.17) is 9.72 Å². The molecule has 2 fully saturated rings. The number of rotatable bonds is 10. The number of carboxylic acids is 1. The van der Waals surface area contributed by atoms with E-state index < -0.39 is 17.7 Å². The lowest BCUT2D eigenvalue weighted by Crippen LogP contribution is -2.39. The number of hydrogen-bond acceptors (Lipinski definition) is 6. The highest BCUT2D eigenvalue weighted by Crippen LogP contribution is 2.40. The monoisotopic (exact) mass is 523 g/mol. The van der Waals surface area contributed by atoms with Crippen LogP contribution >= 0.6 is 11.3 Å². The molecule has 1 amide bonds. The molecule has 0 aliphatic heterocycles. The molecule has 2 aliphatic carbocycles. The van der Waals surface area contributed by atoms with E-state index in [1.54, 1.807) is 11.1 Å². The number of aromatic nitrogens is 2. The van der Waals surface area contributed by atoms with Crippen molar-refractivity contribution < 1.29 is 23.8 Å². The number of anilines is 1. The highest BCUT2D eigenvalue weighted by atomic mass is 32.1. The number of nitrogens with zero attached hydrogens (tertiary/aromatic N) is 3. The van der Waals surface area contributed by atoms with Crippen molar-refractivity contribution in [1.29, 1.82) is 0 Å². The maximum atomic E-state index is 14.4. The molecule has 1 N–H and O–H groups in total. The van der Waals surface area contributed by atoms with Gasteiger partial charge in [0.25, 0.3) is 0 Å². The largest absolute Gasteiger partial charge is 0.481 e. The Morgan fingerprint density at radius 2 is 1.92 bits per heavy atom. The van der Waals surface area contributed by atoms with Gasteiger partial charge in [0.2, 0.25) is 11.8 Å². The second kappa shape index (κ2) is 11.0. The van der Waals surface area contributed by atoms with Crippen LogP contribution in [0.4, 0.5) is 9.52 Å². The molecule has 5 rings (SSSR count). The zero-order chi connectivity index (χ0) is 25.9. The summed E-state index contributed by atoms with van der Waals surface area (Å²) in [6.45, 7) is 0. The van der Waals surface area contributed by atoms with E-state index in [9.17, 15) is 19.1 Å². The average Bonchev–Trinajstić information content (AvgIpc) is 3.36. The van der Waals surface area contributed by atoms with E-state index in [1.165, 1.54) is 24.5 Å². The summed E-state index contributed by atoms with van der Waals surface area (Å²) in [5.41, 5.74) is 2.84. The zero-order valence-corrected chi connectivity index (χ0v) is 21.5. The minimum absolute atomic E-state index is 0.0569. The molecule has 0 unspecified atom stereocenters. The molecule has 37 heavy (non-hydrogen) atoms. The first-order valence-electron chi connectivity index (χ1n) is 12.7. The molecule has 2 aromatic heterocycles. The minimum atomic E-state index is -0.943. The molecule has 9 heteroatoms. The number of ether oxygens (including phenoxy) is 1. The van der Waals surface area contributed by atoms with Crippen molar-refractivity contribution in [2.24, 2.45) is 11.8 Å². The fourth-order valence-corrected chi connectivity index (χ4v) is 6.17. The minimum Gasteiger partial charge on any atom is -0.481 e. The van der Waals surface area contributed by atoms with Crippen LogP contribution in [0.2, 0.25) is 0 Å². The van der Waals surface area contributed by atoms with Gasteiger partial charge in [0, 0.05) is 34.7 Å². The number of carbonyl (C=O) groups is 2. The Hall–Kier alpha value is -3.33. The Labute approximate surface area is 219 Å². The molecule has 2 saturated carbocycles. The van der Waals surface area contributed by atoms with Crippen molar-refractivity contribution in [2.75, 3.05) is 12.0 Å². The van der Waals surface area contributed by atoms with Crippen LogP contribution in [0, 0.1) is 17.7 Å². The predicted molar refractivity (Wildman–Crippen MR) is 140 cm³/mol. The Morgan fingerprint density at radius 1 is 1.19 bits per heavy atom. The summed E-state index contributed by atoms with van der Waals surface area (Å²) in [6, 6.07) is 8.99. The summed E-state index contributed by atoms with van der Waals surface area (Å²) < 4.78 is 19.3. The summed E-state index contributed by atoms with van der Waals surface area (Å²) in [6.07, 6.45) is 8.21. The van der Waals surface area contributed by atoms with E-state index in [-0.39, 0.29) is 24.2 Å². The van der Waals surface area contributed by atoms with E-state index in [0.29, 0.717) is 28.7 Å². The van der Waals surface area contributed by atoms with Gasteiger partial charge < -0.3 is 9.84 Å². The average molecular weight is 524 g/mol. The maximum Gasteiger partial charge on any atom is 0.304 e. The Morgan fingerprint density at radius 3 is 2.57 bits per heavy atom. The van der Waals surface area contributed by atoms with Gasteiger partial charge in [-0.25, -0.2) is 14.4 Å². The Kier molecular flexibility index (Phi) is 7.50. The van der Waals surface area contributed by atoms with Gasteiger partial charge in [-0.3, -0.25) is 14.5 Å². The van der Waals surface area contributed by atoms with Crippen LogP contribution < -0.4 is 9.64 Å². The van der Waals surface area contributed by atoms with Gasteiger partial charge >= 0.3 is 5.97 Å². The quantitative estimate of drug-likeness (QED) is 0.341. The van der Waals surface area contributed by atoms with Crippen LogP contribution in [-0.4, -0.2) is 40.1 Å². The normalized spacial score (nSPS) is 16.5. The molecular formula is C28H30FN3O4S. The molecule has 1 atom stereocenters. The molecule has 0 radical (unpaired) electrons. The van der Waals surface area contributed by atoms with Crippen molar-refractivity contribution in [3.05, 3.63) is 47.7 Å². The number of thiazole rings is 1. The SMILES string of the molecule is COc1ncc(-c2ccccc2-c2csc(N(C(=O)[C@@H](CC(=O)O)CC3CCCC3)C3CC3)n2)cc1F. The molecule has 3 aromatic rings. The van der Waals surface area contributed by atoms with Crippen molar-refractivity contribution in [3.8, 4) is 28.3 Å². The summed E-state index contributed by atoms with van der Waals surface area (Å²) in [7, 11) is 1.37. The van der Waals surface area contributed by atoms with Crippen LogP contribution in [0.25, 0.3) is 22.4 Å². The van der Waals surface area contributed by atoms with Gasteiger partial charge in [-0.2, -0.15) is 0 Å². The van der Waals surface area contributed by atoms with E-state index in [0.717, 1.165) is 49.7 Å². The molecule has 0 saturated heterocycles. The number of carboxylic acid groups (broad SMARTS) is 1. The first kappa shape index (κ1) is 25.3. The smallest absolute Gasteiger partial charge is 0.304 e. The third kappa shape index (κ3) is 5.66. The first-order chi connectivity index (χ1) is 17.9. The molecule has 2 aliphatic rings. The number of hydrogen-bond donors (Lipinski definition) is 1. The predicted octanol–water partition coefficient (Wildman–Crippen LogP) is 6.19. The first-order valence-corrected chi connectivity index (χ1v) is 13.6. The van der Waals surface area contributed by atoms with Crippen molar-refractivity contribution in [1.82, 2.24) is 9.97 Å². The van der Waals surface area contributed by atoms with Gasteiger partial charge in [0.05, 0.1) is 19.2 Å². The van der Waals surface area contributed by atoms with Gasteiger partial charge in [0.15, 0.2) is 10.9 Å².